The molecule has 0 fully saturated rings. The summed E-state index contributed by atoms with van der Waals surface area (Å²) in [5, 5.41) is 11.5. The zero-order valence-electron chi connectivity index (χ0n) is 6.80. The van der Waals surface area contributed by atoms with E-state index in [2.05, 4.69) is 21.2 Å². The van der Waals surface area contributed by atoms with Gasteiger partial charge < -0.3 is 10.4 Å². The van der Waals surface area contributed by atoms with Crippen molar-refractivity contribution in [1.82, 2.24) is 5.32 Å². The summed E-state index contributed by atoms with van der Waals surface area (Å²) in [4.78, 5) is 10.7. The van der Waals surface area contributed by atoms with E-state index >= 15 is 0 Å². The summed E-state index contributed by atoms with van der Waals surface area (Å²) in [6.45, 7) is 3.99. The van der Waals surface area contributed by atoms with Gasteiger partial charge in [0.1, 0.15) is 0 Å². The highest BCUT2D eigenvalue weighted by Crippen LogP contribution is 1.96. The first-order chi connectivity index (χ1) is 5.04. The second-order valence-corrected chi connectivity index (χ2v) is 3.92. The first kappa shape index (κ1) is 10.9. The number of halogens is 1. The number of rotatable bonds is 4. The van der Waals surface area contributed by atoms with Crippen molar-refractivity contribution >= 4 is 21.8 Å². The summed E-state index contributed by atoms with van der Waals surface area (Å²) in [6, 6.07) is 0. The van der Waals surface area contributed by atoms with Crippen molar-refractivity contribution in [3.05, 3.63) is 0 Å². The van der Waals surface area contributed by atoms with Crippen LogP contribution < -0.4 is 5.32 Å². The van der Waals surface area contributed by atoms with E-state index in [4.69, 9.17) is 5.11 Å². The Balaban J connectivity index is 3.32. The quantitative estimate of drug-likeness (QED) is 0.689. The fourth-order valence-electron chi connectivity index (χ4n) is 0.545. The minimum absolute atomic E-state index is 0.0364. The third kappa shape index (κ3) is 6.31. The van der Waals surface area contributed by atoms with Crippen molar-refractivity contribution in [2.45, 2.75) is 31.2 Å². The van der Waals surface area contributed by atoms with Gasteiger partial charge in [-0.2, -0.15) is 0 Å². The molecule has 2 unspecified atom stereocenters. The van der Waals surface area contributed by atoms with Crippen LogP contribution in [0.25, 0.3) is 0 Å². The molecule has 0 radical (unpaired) electrons. The van der Waals surface area contributed by atoms with Gasteiger partial charge in [0.15, 0.2) is 0 Å². The largest absolute Gasteiger partial charge is 0.393 e. The van der Waals surface area contributed by atoms with Crippen LogP contribution in [-0.2, 0) is 4.79 Å². The Labute approximate surface area is 75.3 Å². The Morgan fingerprint density at radius 2 is 2.18 bits per heavy atom. The molecule has 66 valence electrons. The normalized spacial score (nSPS) is 15.6. The predicted molar refractivity (Wildman–Crippen MR) is 47.7 cm³/mol. The second kappa shape index (κ2) is 5.55. The Hall–Kier alpha value is -0.0900. The Morgan fingerprint density at radius 1 is 1.64 bits per heavy atom. The molecule has 0 saturated heterocycles. The van der Waals surface area contributed by atoms with E-state index in [0.717, 1.165) is 0 Å². The number of alkyl halides is 1. The van der Waals surface area contributed by atoms with Crippen LogP contribution in [0.3, 0.4) is 0 Å². The van der Waals surface area contributed by atoms with Crippen LogP contribution in [0.1, 0.15) is 20.3 Å². The minimum Gasteiger partial charge on any atom is -0.393 e. The van der Waals surface area contributed by atoms with Crippen molar-refractivity contribution < 1.29 is 9.90 Å². The molecular weight excluding hydrogens is 210 g/mol. The fourth-order valence-corrected chi connectivity index (χ4v) is 0.707. The van der Waals surface area contributed by atoms with Gasteiger partial charge in [0.05, 0.1) is 10.9 Å². The van der Waals surface area contributed by atoms with Gasteiger partial charge in [-0.1, -0.05) is 15.9 Å². The maximum Gasteiger partial charge on any atom is 0.233 e. The van der Waals surface area contributed by atoms with Gasteiger partial charge in [-0.3, -0.25) is 4.79 Å². The number of aliphatic hydroxyl groups is 1. The lowest BCUT2D eigenvalue weighted by Gasteiger charge is -2.07. The molecule has 2 N–H and O–H groups in total. The van der Waals surface area contributed by atoms with Crippen LogP contribution in [0, 0.1) is 0 Å². The molecule has 0 aromatic rings. The predicted octanol–water partition coefficient (Wildman–Crippen LogP) is 0.657. The van der Waals surface area contributed by atoms with Crippen LogP contribution in [0.4, 0.5) is 0 Å². The summed E-state index contributed by atoms with van der Waals surface area (Å²) >= 11 is 3.13. The Kier molecular flexibility index (Phi) is 5.50. The lowest BCUT2D eigenvalue weighted by molar-refractivity contribution is -0.120. The molecule has 0 aromatic carbocycles. The SMILES string of the molecule is CC(O)CCNC(=O)C(C)Br. The number of carbonyl (C=O) groups excluding carboxylic acids is 1. The molecule has 0 rings (SSSR count). The van der Waals surface area contributed by atoms with E-state index in [-0.39, 0.29) is 16.8 Å². The number of carbonyl (C=O) groups is 1. The summed E-state index contributed by atoms with van der Waals surface area (Å²) in [6.07, 6.45) is 0.256. The monoisotopic (exact) mass is 223 g/mol. The van der Waals surface area contributed by atoms with E-state index in [0.29, 0.717) is 13.0 Å². The number of nitrogens with one attached hydrogen (secondary N) is 1. The third-order valence-electron chi connectivity index (χ3n) is 1.22. The summed E-state index contributed by atoms with van der Waals surface area (Å²) < 4.78 is 0. The first-order valence-corrected chi connectivity index (χ1v) is 4.55. The topological polar surface area (TPSA) is 49.3 Å². The molecule has 1 amide bonds. The zero-order chi connectivity index (χ0) is 8.85. The minimum atomic E-state index is -0.346. The summed E-state index contributed by atoms with van der Waals surface area (Å²) in [7, 11) is 0. The summed E-state index contributed by atoms with van der Waals surface area (Å²) in [5.41, 5.74) is 0. The van der Waals surface area contributed by atoms with Crippen molar-refractivity contribution in [2.24, 2.45) is 0 Å². The molecule has 0 saturated carbocycles. The van der Waals surface area contributed by atoms with Crippen molar-refractivity contribution in [3.63, 3.8) is 0 Å². The smallest absolute Gasteiger partial charge is 0.233 e. The lowest BCUT2D eigenvalue weighted by Crippen LogP contribution is -2.31. The molecule has 0 aliphatic heterocycles. The summed E-state index contributed by atoms with van der Waals surface area (Å²) in [5.74, 6) is -0.0364. The molecule has 0 heterocycles. The van der Waals surface area contributed by atoms with Gasteiger partial charge in [0.25, 0.3) is 0 Å². The average molecular weight is 224 g/mol. The van der Waals surface area contributed by atoms with E-state index < -0.39 is 0 Å². The molecule has 0 aromatic heterocycles. The molecule has 0 aliphatic rings. The number of hydrogen-bond donors (Lipinski definition) is 2. The van der Waals surface area contributed by atoms with E-state index in [9.17, 15) is 4.79 Å². The standard InChI is InChI=1S/C7H14BrNO2/c1-5(10)3-4-9-7(11)6(2)8/h5-6,10H,3-4H2,1-2H3,(H,9,11). The molecule has 0 bridgehead atoms. The van der Waals surface area contributed by atoms with Crippen LogP contribution in [-0.4, -0.2) is 28.5 Å². The van der Waals surface area contributed by atoms with Gasteiger partial charge in [0.2, 0.25) is 5.91 Å². The van der Waals surface area contributed by atoms with E-state index in [1.54, 1.807) is 13.8 Å². The maximum atomic E-state index is 10.9. The van der Waals surface area contributed by atoms with Gasteiger partial charge in [-0.25, -0.2) is 0 Å². The highest BCUT2D eigenvalue weighted by atomic mass is 79.9. The van der Waals surface area contributed by atoms with Crippen molar-refractivity contribution in [2.75, 3.05) is 6.54 Å². The van der Waals surface area contributed by atoms with Gasteiger partial charge >= 0.3 is 0 Å². The van der Waals surface area contributed by atoms with E-state index in [1.807, 2.05) is 0 Å². The Morgan fingerprint density at radius 3 is 2.55 bits per heavy atom. The highest BCUT2D eigenvalue weighted by molar-refractivity contribution is 9.10. The number of aliphatic hydroxyl groups excluding tert-OH is 1. The molecule has 0 spiro atoms. The van der Waals surface area contributed by atoms with E-state index in [1.165, 1.54) is 0 Å². The fraction of sp³-hybridized carbons (Fsp3) is 0.857. The highest BCUT2D eigenvalue weighted by Gasteiger charge is 2.06. The second-order valence-electron chi connectivity index (χ2n) is 2.54. The van der Waals surface area contributed by atoms with Crippen LogP contribution in [0.5, 0.6) is 0 Å². The number of amides is 1. The maximum absolute atomic E-state index is 10.9. The molecule has 2 atom stereocenters. The van der Waals surface area contributed by atoms with Gasteiger partial charge in [-0.05, 0) is 20.3 Å². The zero-order valence-corrected chi connectivity index (χ0v) is 8.39. The lowest BCUT2D eigenvalue weighted by atomic mass is 10.3. The first-order valence-electron chi connectivity index (χ1n) is 3.64. The van der Waals surface area contributed by atoms with Crippen LogP contribution >= 0.6 is 15.9 Å². The third-order valence-corrected chi connectivity index (χ3v) is 1.64. The van der Waals surface area contributed by atoms with Crippen molar-refractivity contribution in [3.8, 4) is 0 Å². The van der Waals surface area contributed by atoms with Crippen LogP contribution in [0.2, 0.25) is 0 Å². The van der Waals surface area contributed by atoms with Gasteiger partial charge in [0, 0.05) is 6.54 Å². The molecule has 3 nitrogen and oxygen atoms in total. The molecule has 4 heteroatoms. The van der Waals surface area contributed by atoms with Crippen molar-refractivity contribution in [1.29, 1.82) is 0 Å². The Bertz CT molecular complexity index is 126. The van der Waals surface area contributed by atoms with Gasteiger partial charge in [-0.15, -0.1) is 0 Å². The average Bonchev–Trinajstić information content (AvgIpc) is 1.86. The number of hydrogen-bond acceptors (Lipinski definition) is 2. The molecular formula is C7H14BrNO2. The molecule has 0 aliphatic carbocycles. The van der Waals surface area contributed by atoms with Crippen LogP contribution in [0.15, 0.2) is 0 Å². The molecule has 11 heavy (non-hydrogen) atoms.